The van der Waals surface area contributed by atoms with E-state index in [9.17, 15) is 19.8 Å². The van der Waals surface area contributed by atoms with Crippen LogP contribution in [0.5, 0.6) is 11.5 Å². The number of carbonyl (C=O) groups excluding carboxylic acids is 2. The third-order valence-electron chi connectivity index (χ3n) is 4.92. The van der Waals surface area contributed by atoms with E-state index >= 15 is 0 Å². The number of carbonyl (C=O) groups is 2. The first-order valence-corrected chi connectivity index (χ1v) is 11.2. The highest BCUT2D eigenvalue weighted by Crippen LogP contribution is 2.38. The highest BCUT2D eigenvalue weighted by Gasteiger charge is 2.25. The van der Waals surface area contributed by atoms with E-state index in [0.717, 1.165) is 0 Å². The molecule has 0 unspecified atom stereocenters. The van der Waals surface area contributed by atoms with Crippen LogP contribution in [-0.2, 0) is 9.53 Å². The molecule has 3 rings (SSSR count). The summed E-state index contributed by atoms with van der Waals surface area (Å²) < 4.78 is 5.39. The fourth-order valence-electron chi connectivity index (χ4n) is 2.93. The lowest BCUT2D eigenvalue weighted by molar-refractivity contribution is -0.123. The minimum Gasteiger partial charge on any atom is -0.504 e. The summed E-state index contributed by atoms with van der Waals surface area (Å²) in [5.74, 6) is -0.707. The summed E-state index contributed by atoms with van der Waals surface area (Å²) in [4.78, 5) is 25.9. The maximum Gasteiger partial charge on any atom is 0.414 e. The van der Waals surface area contributed by atoms with Gasteiger partial charge in [0.15, 0.2) is 11.5 Å². The molecular weight excluding hydrogens is 464 g/mol. The fourth-order valence-corrected chi connectivity index (χ4v) is 2.93. The molecular formula is C25H30N6O5. The number of phenols is 2. The van der Waals surface area contributed by atoms with Gasteiger partial charge in [-0.05, 0) is 51.1 Å². The van der Waals surface area contributed by atoms with Crippen molar-refractivity contribution in [1.82, 2.24) is 20.4 Å². The standard InChI is InChI=1S/C25H30N6O5/c1-24(2,3)22(34)26-15-10-8-14(9-11-15)20-27-29-21(30-28-20)16-12-18(32)19(33)13-17(16)31(7)23(35)36-25(4,5)6/h8-13,32-33H,1-7H3,(H,26,34). The molecule has 36 heavy (non-hydrogen) atoms. The molecule has 0 bridgehead atoms. The summed E-state index contributed by atoms with van der Waals surface area (Å²) in [5, 5.41) is 39.4. The maximum atomic E-state index is 12.6. The van der Waals surface area contributed by atoms with Crippen molar-refractivity contribution in [3.05, 3.63) is 36.4 Å². The smallest absolute Gasteiger partial charge is 0.414 e. The SMILES string of the molecule is CN(C(=O)OC(C)(C)C)c1cc(O)c(O)cc1-c1nnc(-c2ccc(NC(=O)C(C)(C)C)cc2)nn1. The molecule has 0 aliphatic carbocycles. The number of hydrogen-bond donors (Lipinski definition) is 3. The number of hydrogen-bond acceptors (Lipinski definition) is 9. The highest BCUT2D eigenvalue weighted by atomic mass is 16.6. The van der Waals surface area contributed by atoms with E-state index < -0.39 is 28.6 Å². The van der Waals surface area contributed by atoms with E-state index in [1.165, 1.54) is 24.1 Å². The largest absolute Gasteiger partial charge is 0.504 e. The Labute approximate surface area is 209 Å². The maximum absolute atomic E-state index is 12.6. The Morgan fingerprint density at radius 2 is 1.39 bits per heavy atom. The number of rotatable bonds is 4. The first-order chi connectivity index (χ1) is 16.7. The third kappa shape index (κ3) is 6.23. The van der Waals surface area contributed by atoms with Crippen LogP contribution in [-0.4, -0.2) is 55.3 Å². The Hall–Kier alpha value is -4.28. The molecule has 0 aliphatic rings. The number of nitrogens with zero attached hydrogens (tertiary/aromatic N) is 5. The Morgan fingerprint density at radius 1 is 0.861 bits per heavy atom. The normalized spacial score (nSPS) is 11.6. The van der Waals surface area contributed by atoms with Gasteiger partial charge in [-0.3, -0.25) is 9.69 Å². The van der Waals surface area contributed by atoms with Gasteiger partial charge in [0.25, 0.3) is 0 Å². The molecule has 0 fully saturated rings. The van der Waals surface area contributed by atoms with Gasteiger partial charge in [-0.25, -0.2) is 4.79 Å². The van der Waals surface area contributed by atoms with Crippen molar-refractivity contribution in [2.45, 2.75) is 47.1 Å². The van der Waals surface area contributed by atoms with Crippen LogP contribution in [0.3, 0.4) is 0 Å². The van der Waals surface area contributed by atoms with Crippen molar-refractivity contribution < 1.29 is 24.5 Å². The molecule has 11 nitrogen and oxygen atoms in total. The lowest BCUT2D eigenvalue weighted by atomic mass is 9.95. The number of amides is 2. The van der Waals surface area contributed by atoms with E-state index in [1.807, 2.05) is 20.8 Å². The van der Waals surface area contributed by atoms with Crippen LogP contribution in [0, 0.1) is 5.41 Å². The van der Waals surface area contributed by atoms with Gasteiger partial charge in [-0.15, -0.1) is 20.4 Å². The Morgan fingerprint density at radius 3 is 1.92 bits per heavy atom. The predicted molar refractivity (Wildman–Crippen MR) is 135 cm³/mol. The van der Waals surface area contributed by atoms with Gasteiger partial charge < -0.3 is 20.3 Å². The van der Waals surface area contributed by atoms with Crippen molar-refractivity contribution in [3.8, 4) is 34.3 Å². The molecule has 3 aromatic rings. The lowest BCUT2D eigenvalue weighted by Crippen LogP contribution is -2.34. The molecule has 1 heterocycles. The average Bonchev–Trinajstić information content (AvgIpc) is 2.79. The monoisotopic (exact) mass is 494 g/mol. The molecule has 0 radical (unpaired) electrons. The van der Waals surface area contributed by atoms with Crippen molar-refractivity contribution in [2.75, 3.05) is 17.3 Å². The van der Waals surface area contributed by atoms with Crippen LogP contribution < -0.4 is 10.2 Å². The van der Waals surface area contributed by atoms with Gasteiger partial charge in [0.1, 0.15) is 5.60 Å². The van der Waals surface area contributed by atoms with Crippen LogP contribution in [0.2, 0.25) is 0 Å². The molecule has 0 spiro atoms. The summed E-state index contributed by atoms with van der Waals surface area (Å²) in [7, 11) is 1.46. The van der Waals surface area contributed by atoms with E-state index in [2.05, 4.69) is 25.7 Å². The first-order valence-electron chi connectivity index (χ1n) is 11.2. The minimum atomic E-state index is -0.739. The third-order valence-corrected chi connectivity index (χ3v) is 4.92. The van der Waals surface area contributed by atoms with Crippen molar-refractivity contribution in [1.29, 1.82) is 0 Å². The highest BCUT2D eigenvalue weighted by molar-refractivity contribution is 5.95. The van der Waals surface area contributed by atoms with E-state index in [4.69, 9.17) is 4.74 Å². The quantitative estimate of drug-likeness (QED) is 0.449. The van der Waals surface area contributed by atoms with Crippen LogP contribution in [0.1, 0.15) is 41.5 Å². The molecule has 0 atom stereocenters. The molecule has 3 N–H and O–H groups in total. The van der Waals surface area contributed by atoms with Gasteiger partial charge in [-0.1, -0.05) is 20.8 Å². The van der Waals surface area contributed by atoms with Gasteiger partial charge >= 0.3 is 6.09 Å². The summed E-state index contributed by atoms with van der Waals surface area (Å²) >= 11 is 0. The van der Waals surface area contributed by atoms with Crippen LogP contribution >= 0.6 is 0 Å². The zero-order valence-corrected chi connectivity index (χ0v) is 21.3. The van der Waals surface area contributed by atoms with Crippen LogP contribution in [0.15, 0.2) is 36.4 Å². The second-order valence-electron chi connectivity index (χ2n) is 10.2. The van der Waals surface area contributed by atoms with Gasteiger partial charge in [0.05, 0.1) is 11.3 Å². The summed E-state index contributed by atoms with van der Waals surface area (Å²) in [6, 6.07) is 9.33. The fraction of sp³-hybridized carbons (Fsp3) is 0.360. The summed E-state index contributed by atoms with van der Waals surface area (Å²) in [6.07, 6.45) is -0.676. The zero-order valence-electron chi connectivity index (χ0n) is 21.3. The van der Waals surface area contributed by atoms with Gasteiger partial charge in [0, 0.05) is 29.8 Å². The minimum absolute atomic E-state index is 0.0218. The molecule has 11 heteroatoms. The Bertz CT molecular complexity index is 1260. The van der Waals surface area contributed by atoms with Gasteiger partial charge in [-0.2, -0.15) is 0 Å². The lowest BCUT2D eigenvalue weighted by Gasteiger charge is -2.26. The van der Waals surface area contributed by atoms with Crippen molar-refractivity contribution in [3.63, 3.8) is 0 Å². The zero-order chi connectivity index (χ0) is 26.8. The summed E-state index contributed by atoms with van der Waals surface area (Å²) in [5.41, 5.74) is 0.391. The van der Waals surface area contributed by atoms with E-state index in [1.54, 1.807) is 45.0 Å². The van der Waals surface area contributed by atoms with Gasteiger partial charge in [0.2, 0.25) is 17.6 Å². The van der Waals surface area contributed by atoms with Crippen molar-refractivity contribution >= 4 is 23.4 Å². The second kappa shape index (κ2) is 9.76. The number of benzene rings is 2. The second-order valence-corrected chi connectivity index (χ2v) is 10.2. The number of nitrogens with one attached hydrogen (secondary N) is 1. The van der Waals surface area contributed by atoms with Crippen LogP contribution in [0.25, 0.3) is 22.8 Å². The molecule has 1 aromatic heterocycles. The molecule has 0 aliphatic heterocycles. The number of aromatic nitrogens is 4. The van der Waals surface area contributed by atoms with E-state index in [-0.39, 0.29) is 28.8 Å². The number of anilines is 2. The molecule has 190 valence electrons. The molecule has 0 saturated heterocycles. The first kappa shape index (κ1) is 26.3. The predicted octanol–water partition coefficient (Wildman–Crippen LogP) is 4.37. The number of phenolic OH excluding ortho intramolecular Hbond substituents is 2. The van der Waals surface area contributed by atoms with Crippen molar-refractivity contribution in [2.24, 2.45) is 5.41 Å². The molecule has 2 aromatic carbocycles. The van der Waals surface area contributed by atoms with E-state index in [0.29, 0.717) is 11.3 Å². The topological polar surface area (TPSA) is 151 Å². The summed E-state index contributed by atoms with van der Waals surface area (Å²) in [6.45, 7) is 10.7. The van der Waals surface area contributed by atoms with Crippen LogP contribution in [0.4, 0.5) is 16.2 Å². The molecule has 0 saturated carbocycles. The number of aromatic hydroxyl groups is 2. The Kier molecular flexibility index (Phi) is 7.14. The average molecular weight is 495 g/mol. The Balaban J connectivity index is 1.88. The molecule has 2 amide bonds. The number of ether oxygens (including phenoxy) is 1.